The van der Waals surface area contributed by atoms with E-state index in [1.807, 2.05) is 6.07 Å². The van der Waals surface area contributed by atoms with Crippen molar-refractivity contribution in [2.45, 2.75) is 26.8 Å². The summed E-state index contributed by atoms with van der Waals surface area (Å²) < 4.78 is 5.41. The fraction of sp³-hybridized carbons (Fsp3) is 0.545. The van der Waals surface area contributed by atoms with Crippen LogP contribution in [0.1, 0.15) is 25.4 Å². The maximum Gasteiger partial charge on any atom is 0.311 e. The van der Waals surface area contributed by atoms with Crippen molar-refractivity contribution in [2.24, 2.45) is 0 Å². The van der Waals surface area contributed by atoms with Crippen LogP contribution in [0.3, 0.4) is 0 Å². The second kappa shape index (κ2) is 5.56. The van der Waals surface area contributed by atoms with Crippen molar-refractivity contribution < 1.29 is 14.3 Å². The molecular formula is C11H17NO3. The van der Waals surface area contributed by atoms with E-state index >= 15 is 0 Å². The van der Waals surface area contributed by atoms with Gasteiger partial charge in [-0.05, 0) is 25.2 Å². The first-order valence-corrected chi connectivity index (χ1v) is 5.17. The number of hydrogen-bond acceptors (Lipinski definition) is 3. The van der Waals surface area contributed by atoms with Gasteiger partial charge in [-0.2, -0.15) is 0 Å². The molecule has 1 heterocycles. The van der Waals surface area contributed by atoms with E-state index in [2.05, 4.69) is 18.7 Å². The minimum atomic E-state index is -0.862. The molecule has 84 valence electrons. The van der Waals surface area contributed by atoms with E-state index in [4.69, 9.17) is 9.52 Å². The first kappa shape index (κ1) is 11.8. The molecule has 0 radical (unpaired) electrons. The first-order chi connectivity index (χ1) is 7.15. The van der Waals surface area contributed by atoms with Crippen molar-refractivity contribution >= 4 is 5.97 Å². The Bertz CT molecular complexity index is 315. The Morgan fingerprint density at radius 2 is 1.93 bits per heavy atom. The maximum atomic E-state index is 10.4. The Morgan fingerprint density at radius 1 is 1.33 bits per heavy atom. The zero-order valence-corrected chi connectivity index (χ0v) is 9.19. The quantitative estimate of drug-likeness (QED) is 0.778. The monoisotopic (exact) mass is 211 g/mol. The van der Waals surface area contributed by atoms with Crippen molar-refractivity contribution in [1.82, 2.24) is 4.90 Å². The highest BCUT2D eigenvalue weighted by molar-refractivity contribution is 5.69. The maximum absolute atomic E-state index is 10.4. The van der Waals surface area contributed by atoms with Gasteiger partial charge in [0.2, 0.25) is 0 Å². The fourth-order valence-corrected chi connectivity index (χ4v) is 1.42. The highest BCUT2D eigenvalue weighted by atomic mass is 16.4. The van der Waals surface area contributed by atoms with E-state index in [0.717, 1.165) is 25.4 Å². The minimum absolute atomic E-state index is 0.0434. The Kier molecular flexibility index (Phi) is 4.37. The molecule has 15 heavy (non-hydrogen) atoms. The van der Waals surface area contributed by atoms with Crippen molar-refractivity contribution in [2.75, 3.05) is 13.1 Å². The predicted octanol–water partition coefficient (Wildman–Crippen LogP) is 1.75. The lowest BCUT2D eigenvalue weighted by Crippen LogP contribution is -2.21. The molecule has 0 aliphatic heterocycles. The smallest absolute Gasteiger partial charge is 0.311 e. The van der Waals surface area contributed by atoms with Gasteiger partial charge in [0.1, 0.15) is 17.9 Å². The number of hydrogen-bond donors (Lipinski definition) is 1. The van der Waals surface area contributed by atoms with Crippen LogP contribution in [0.25, 0.3) is 0 Å². The predicted molar refractivity (Wildman–Crippen MR) is 56.7 cm³/mol. The van der Waals surface area contributed by atoms with Crippen LogP contribution in [0.2, 0.25) is 0 Å². The summed E-state index contributed by atoms with van der Waals surface area (Å²) in [5, 5.41) is 8.58. The molecule has 0 bridgehead atoms. The molecule has 0 atom stereocenters. The summed E-state index contributed by atoms with van der Waals surface area (Å²) in [6.07, 6.45) is -0.0434. The van der Waals surface area contributed by atoms with E-state index in [-0.39, 0.29) is 6.42 Å². The lowest BCUT2D eigenvalue weighted by atomic mass is 10.3. The van der Waals surface area contributed by atoms with Crippen LogP contribution < -0.4 is 0 Å². The average Bonchev–Trinajstić information content (AvgIpc) is 2.61. The molecule has 1 aromatic rings. The third-order valence-electron chi connectivity index (χ3n) is 2.32. The lowest BCUT2D eigenvalue weighted by Gasteiger charge is -2.15. The lowest BCUT2D eigenvalue weighted by molar-refractivity contribution is -0.136. The summed E-state index contributed by atoms with van der Waals surface area (Å²) in [6, 6.07) is 3.57. The van der Waals surface area contributed by atoms with Gasteiger partial charge < -0.3 is 9.52 Å². The van der Waals surface area contributed by atoms with E-state index in [1.54, 1.807) is 6.07 Å². The fourth-order valence-electron chi connectivity index (χ4n) is 1.42. The van der Waals surface area contributed by atoms with Crippen LogP contribution in [-0.4, -0.2) is 29.1 Å². The Hall–Kier alpha value is -1.29. The van der Waals surface area contributed by atoms with Gasteiger partial charge in [0, 0.05) is 0 Å². The van der Waals surface area contributed by atoms with E-state index in [0.29, 0.717) is 5.76 Å². The summed E-state index contributed by atoms with van der Waals surface area (Å²) in [5.41, 5.74) is 0. The standard InChI is InChI=1S/C11H17NO3/c1-3-12(4-2)8-10-6-5-9(15-10)7-11(13)14/h5-6H,3-4,7-8H2,1-2H3,(H,13,14). The van der Waals surface area contributed by atoms with Gasteiger partial charge >= 0.3 is 5.97 Å². The van der Waals surface area contributed by atoms with Crippen molar-refractivity contribution in [3.63, 3.8) is 0 Å². The van der Waals surface area contributed by atoms with Gasteiger partial charge in [-0.3, -0.25) is 9.69 Å². The molecule has 0 aliphatic carbocycles. The van der Waals surface area contributed by atoms with Crippen LogP contribution in [0.15, 0.2) is 16.5 Å². The van der Waals surface area contributed by atoms with Crippen LogP contribution in [0.4, 0.5) is 0 Å². The van der Waals surface area contributed by atoms with Gasteiger partial charge in [-0.25, -0.2) is 0 Å². The van der Waals surface area contributed by atoms with Crippen LogP contribution in [0.5, 0.6) is 0 Å². The SMILES string of the molecule is CCN(CC)Cc1ccc(CC(=O)O)o1. The van der Waals surface area contributed by atoms with Crippen LogP contribution >= 0.6 is 0 Å². The molecule has 0 aliphatic rings. The number of rotatable bonds is 6. The molecule has 0 fully saturated rings. The highest BCUT2D eigenvalue weighted by Gasteiger charge is 2.08. The number of nitrogens with zero attached hydrogens (tertiary/aromatic N) is 1. The molecule has 0 amide bonds. The van der Waals surface area contributed by atoms with Gasteiger partial charge in [-0.15, -0.1) is 0 Å². The van der Waals surface area contributed by atoms with Gasteiger partial charge in [0.05, 0.1) is 6.54 Å². The Labute approximate surface area is 89.5 Å². The third-order valence-corrected chi connectivity index (χ3v) is 2.32. The van der Waals surface area contributed by atoms with Crippen molar-refractivity contribution in [3.8, 4) is 0 Å². The second-order valence-electron chi connectivity index (χ2n) is 3.40. The van der Waals surface area contributed by atoms with Crippen LogP contribution in [0, 0.1) is 0 Å². The molecule has 1 N–H and O–H groups in total. The molecule has 0 saturated heterocycles. The zero-order valence-electron chi connectivity index (χ0n) is 9.19. The third kappa shape index (κ3) is 3.75. The molecule has 0 unspecified atom stereocenters. The summed E-state index contributed by atoms with van der Waals surface area (Å²) in [4.78, 5) is 12.7. The van der Waals surface area contributed by atoms with Crippen LogP contribution in [-0.2, 0) is 17.8 Å². The summed E-state index contributed by atoms with van der Waals surface area (Å²) in [5.74, 6) is 0.485. The molecule has 0 spiro atoms. The number of carbonyl (C=O) groups is 1. The molecule has 4 nitrogen and oxygen atoms in total. The normalized spacial score (nSPS) is 10.9. The second-order valence-corrected chi connectivity index (χ2v) is 3.40. The molecular weight excluding hydrogens is 194 g/mol. The molecule has 1 rings (SSSR count). The van der Waals surface area contributed by atoms with Gasteiger partial charge in [0.25, 0.3) is 0 Å². The largest absolute Gasteiger partial charge is 0.481 e. The number of carboxylic acids is 1. The number of furan rings is 1. The summed E-state index contributed by atoms with van der Waals surface area (Å²) in [7, 11) is 0. The average molecular weight is 211 g/mol. The number of carboxylic acid groups (broad SMARTS) is 1. The van der Waals surface area contributed by atoms with Crippen molar-refractivity contribution in [1.29, 1.82) is 0 Å². The molecule has 0 aromatic carbocycles. The van der Waals surface area contributed by atoms with E-state index in [9.17, 15) is 4.79 Å². The first-order valence-electron chi connectivity index (χ1n) is 5.17. The van der Waals surface area contributed by atoms with E-state index in [1.165, 1.54) is 0 Å². The van der Waals surface area contributed by atoms with E-state index < -0.39 is 5.97 Å². The molecule has 1 aromatic heterocycles. The Morgan fingerprint density at radius 3 is 2.47 bits per heavy atom. The summed E-state index contributed by atoms with van der Waals surface area (Å²) >= 11 is 0. The topological polar surface area (TPSA) is 53.7 Å². The van der Waals surface area contributed by atoms with Gasteiger partial charge in [0.15, 0.2) is 0 Å². The molecule has 0 saturated carbocycles. The Balaban J connectivity index is 2.55. The van der Waals surface area contributed by atoms with Crippen molar-refractivity contribution in [3.05, 3.63) is 23.7 Å². The minimum Gasteiger partial charge on any atom is -0.481 e. The zero-order chi connectivity index (χ0) is 11.3. The molecule has 4 heteroatoms. The highest BCUT2D eigenvalue weighted by Crippen LogP contribution is 2.11. The summed E-state index contributed by atoms with van der Waals surface area (Å²) in [6.45, 7) is 6.85. The number of aliphatic carboxylic acids is 1. The van der Waals surface area contributed by atoms with Gasteiger partial charge in [-0.1, -0.05) is 13.8 Å².